The zero-order valence-corrected chi connectivity index (χ0v) is 9.87. The van der Waals surface area contributed by atoms with Crippen LogP contribution in [0, 0.1) is 5.82 Å². The number of halogens is 1. The zero-order valence-electron chi connectivity index (χ0n) is 9.87. The Morgan fingerprint density at radius 3 is 2.65 bits per heavy atom. The second kappa shape index (κ2) is 3.91. The highest BCUT2D eigenvalue weighted by Crippen LogP contribution is 2.24. The summed E-state index contributed by atoms with van der Waals surface area (Å²) >= 11 is 0. The van der Waals surface area contributed by atoms with Crippen LogP contribution in [0.15, 0.2) is 21.3 Å². The number of benzene rings is 1. The summed E-state index contributed by atoms with van der Waals surface area (Å²) in [4.78, 5) is 11.6. The summed E-state index contributed by atoms with van der Waals surface area (Å²) in [7, 11) is 1.60. The molecule has 1 N–H and O–H groups in total. The van der Waals surface area contributed by atoms with Crippen molar-refractivity contribution in [2.24, 2.45) is 0 Å². The lowest BCUT2D eigenvalue weighted by Gasteiger charge is -2.07. The molecule has 1 aromatic heterocycles. The van der Waals surface area contributed by atoms with E-state index in [1.165, 1.54) is 0 Å². The summed E-state index contributed by atoms with van der Waals surface area (Å²) in [6.45, 7) is 3.73. The van der Waals surface area contributed by atoms with Crippen LogP contribution in [0.3, 0.4) is 0 Å². The van der Waals surface area contributed by atoms with Gasteiger partial charge in [-0.05, 0) is 17.4 Å². The lowest BCUT2D eigenvalue weighted by atomic mass is 9.92. The zero-order chi connectivity index (χ0) is 12.7. The molecule has 0 bridgehead atoms. The predicted octanol–water partition coefficient (Wildman–Crippen LogP) is 1.02. The van der Waals surface area contributed by atoms with Gasteiger partial charge in [-0.25, -0.2) is 4.79 Å². The first-order chi connectivity index (χ1) is 7.91. The third-order valence-corrected chi connectivity index (χ3v) is 2.78. The second-order valence-corrected chi connectivity index (χ2v) is 4.42. The molecule has 2 rings (SSSR count). The van der Waals surface area contributed by atoms with E-state index in [2.05, 4.69) is 0 Å². The molecule has 0 atom stereocenters. The SMILES string of the molecule is Bc1cc2cc(C(C)C)c(=O)oc2c(F)c1O. The van der Waals surface area contributed by atoms with Gasteiger partial charge in [0, 0.05) is 10.9 Å². The minimum atomic E-state index is -0.882. The van der Waals surface area contributed by atoms with Crippen molar-refractivity contribution < 1.29 is 13.9 Å². The van der Waals surface area contributed by atoms with E-state index in [-0.39, 0.29) is 11.5 Å². The summed E-state index contributed by atoms with van der Waals surface area (Å²) in [5.74, 6) is -1.35. The Morgan fingerprint density at radius 2 is 2.06 bits per heavy atom. The normalized spacial score (nSPS) is 11.3. The second-order valence-electron chi connectivity index (χ2n) is 4.42. The van der Waals surface area contributed by atoms with Crippen molar-refractivity contribution in [3.05, 3.63) is 33.9 Å². The number of hydrogen-bond acceptors (Lipinski definition) is 3. The van der Waals surface area contributed by atoms with Crippen molar-refractivity contribution in [1.29, 1.82) is 0 Å². The van der Waals surface area contributed by atoms with Crippen LogP contribution in [0.4, 0.5) is 4.39 Å². The summed E-state index contributed by atoms with van der Waals surface area (Å²) in [5, 5.41) is 9.92. The molecule has 1 heterocycles. The Morgan fingerprint density at radius 1 is 1.41 bits per heavy atom. The van der Waals surface area contributed by atoms with E-state index in [1.807, 2.05) is 13.8 Å². The van der Waals surface area contributed by atoms with E-state index >= 15 is 0 Å². The van der Waals surface area contributed by atoms with Gasteiger partial charge in [0.15, 0.2) is 5.58 Å². The molecule has 0 saturated carbocycles. The molecule has 2 aromatic rings. The van der Waals surface area contributed by atoms with E-state index < -0.39 is 17.2 Å². The van der Waals surface area contributed by atoms with Gasteiger partial charge in [-0.1, -0.05) is 19.9 Å². The van der Waals surface area contributed by atoms with Crippen molar-refractivity contribution in [1.82, 2.24) is 0 Å². The molecule has 0 fully saturated rings. The molecule has 0 aliphatic rings. The first kappa shape index (κ1) is 11.7. The molecule has 3 nitrogen and oxygen atoms in total. The van der Waals surface area contributed by atoms with Gasteiger partial charge in [0.2, 0.25) is 5.82 Å². The number of hydrogen-bond donors (Lipinski definition) is 1. The highest BCUT2D eigenvalue weighted by atomic mass is 19.1. The van der Waals surface area contributed by atoms with E-state index in [4.69, 9.17) is 4.42 Å². The van der Waals surface area contributed by atoms with Crippen LogP contribution in [0.1, 0.15) is 25.3 Å². The van der Waals surface area contributed by atoms with Crippen molar-refractivity contribution in [2.75, 3.05) is 0 Å². The number of phenols is 1. The Hall–Kier alpha value is -1.78. The maximum Gasteiger partial charge on any atom is 0.339 e. The van der Waals surface area contributed by atoms with Crippen LogP contribution in [-0.4, -0.2) is 13.0 Å². The summed E-state index contributed by atoms with van der Waals surface area (Å²) in [6.07, 6.45) is 0. The number of aromatic hydroxyl groups is 1. The largest absolute Gasteiger partial charge is 0.505 e. The van der Waals surface area contributed by atoms with E-state index in [1.54, 1.807) is 20.0 Å². The third-order valence-electron chi connectivity index (χ3n) is 2.78. The predicted molar refractivity (Wildman–Crippen MR) is 66.4 cm³/mol. The average Bonchev–Trinajstić information content (AvgIpc) is 2.26. The summed E-state index contributed by atoms with van der Waals surface area (Å²) in [6, 6.07) is 3.21. The van der Waals surface area contributed by atoms with Crippen LogP contribution >= 0.6 is 0 Å². The van der Waals surface area contributed by atoms with Gasteiger partial charge in [-0.3, -0.25) is 0 Å². The van der Waals surface area contributed by atoms with Crippen LogP contribution in [0.5, 0.6) is 5.75 Å². The highest BCUT2D eigenvalue weighted by Gasteiger charge is 2.15. The van der Waals surface area contributed by atoms with Crippen molar-refractivity contribution in [3.8, 4) is 5.75 Å². The molecular weight excluding hydrogens is 222 g/mol. The quantitative estimate of drug-likeness (QED) is 0.592. The Labute approximate surface area is 98.3 Å². The molecule has 1 aromatic carbocycles. The van der Waals surface area contributed by atoms with Crippen LogP contribution in [-0.2, 0) is 0 Å². The van der Waals surface area contributed by atoms with Gasteiger partial charge in [0.1, 0.15) is 13.6 Å². The Kier molecular flexibility index (Phi) is 2.69. The van der Waals surface area contributed by atoms with Crippen molar-refractivity contribution >= 4 is 24.3 Å². The lowest BCUT2D eigenvalue weighted by molar-refractivity contribution is 0.428. The molecule has 0 radical (unpaired) electrons. The third kappa shape index (κ3) is 1.81. The van der Waals surface area contributed by atoms with Crippen molar-refractivity contribution in [3.63, 3.8) is 0 Å². The number of fused-ring (bicyclic) bond motifs is 1. The molecular formula is C12H12BFO3. The number of rotatable bonds is 1. The molecule has 0 aliphatic heterocycles. The minimum absolute atomic E-state index is 0.00724. The average molecular weight is 234 g/mol. The molecule has 88 valence electrons. The fraction of sp³-hybridized carbons (Fsp3) is 0.250. The first-order valence-electron chi connectivity index (χ1n) is 5.37. The molecule has 0 spiro atoms. The lowest BCUT2D eigenvalue weighted by Crippen LogP contribution is -2.11. The molecule has 0 unspecified atom stereocenters. The van der Waals surface area contributed by atoms with Gasteiger partial charge < -0.3 is 9.52 Å². The van der Waals surface area contributed by atoms with Gasteiger partial charge in [-0.2, -0.15) is 4.39 Å². The molecule has 5 heteroatoms. The standard InChI is InChI=1S/C12H12BFO3/c1-5(2)7-3-6-4-8(13)10(15)9(14)11(6)17-12(7)16/h3-5,15H,13H2,1-2H3. The van der Waals surface area contributed by atoms with E-state index in [0.717, 1.165) is 0 Å². The fourth-order valence-corrected chi connectivity index (χ4v) is 1.77. The minimum Gasteiger partial charge on any atom is -0.505 e. The highest BCUT2D eigenvalue weighted by molar-refractivity contribution is 6.35. The first-order valence-corrected chi connectivity index (χ1v) is 5.37. The molecule has 17 heavy (non-hydrogen) atoms. The van der Waals surface area contributed by atoms with E-state index in [0.29, 0.717) is 16.4 Å². The van der Waals surface area contributed by atoms with Crippen LogP contribution < -0.4 is 11.1 Å². The maximum absolute atomic E-state index is 13.7. The van der Waals surface area contributed by atoms with Crippen LogP contribution in [0.2, 0.25) is 0 Å². The van der Waals surface area contributed by atoms with Gasteiger partial charge >= 0.3 is 5.63 Å². The Balaban J connectivity index is 2.89. The summed E-state index contributed by atoms with van der Waals surface area (Å²) < 4.78 is 18.6. The molecule has 0 saturated heterocycles. The maximum atomic E-state index is 13.7. The summed E-state index contributed by atoms with van der Waals surface area (Å²) in [5.41, 5.74) is 0.165. The fourth-order valence-electron chi connectivity index (χ4n) is 1.77. The monoisotopic (exact) mass is 234 g/mol. The van der Waals surface area contributed by atoms with Gasteiger partial charge in [0.05, 0.1) is 0 Å². The topological polar surface area (TPSA) is 50.4 Å². The van der Waals surface area contributed by atoms with Gasteiger partial charge in [0.25, 0.3) is 0 Å². The van der Waals surface area contributed by atoms with Crippen LogP contribution in [0.25, 0.3) is 11.0 Å². The smallest absolute Gasteiger partial charge is 0.339 e. The molecule has 0 aliphatic carbocycles. The molecule has 0 amide bonds. The van der Waals surface area contributed by atoms with E-state index in [9.17, 15) is 14.3 Å². The van der Waals surface area contributed by atoms with Crippen molar-refractivity contribution in [2.45, 2.75) is 19.8 Å². The van der Waals surface area contributed by atoms with Gasteiger partial charge in [-0.15, -0.1) is 0 Å². The number of phenolic OH excluding ortho intramolecular Hbond substituents is 1. The Bertz CT molecular complexity index is 646.